The number of carbonyl (C=O) groups excluding carboxylic acids is 2. The maximum absolute atomic E-state index is 13.3. The van der Waals surface area contributed by atoms with E-state index in [0.717, 1.165) is 83.5 Å². The second kappa shape index (κ2) is 54.0. The summed E-state index contributed by atoms with van der Waals surface area (Å²) >= 11 is 0. The van der Waals surface area contributed by atoms with Gasteiger partial charge in [0, 0.05) is 6.42 Å². The van der Waals surface area contributed by atoms with Crippen LogP contribution in [0, 0.1) is 0 Å². The van der Waals surface area contributed by atoms with Gasteiger partial charge in [0.15, 0.2) is 0 Å². The lowest BCUT2D eigenvalue weighted by Gasteiger charge is -2.24. The number of allylic oxidation sites excluding steroid dienone is 6. The standard InChI is InChI=1S/C60H113NO5/c1-4-7-10-13-16-19-22-25-27-29-31-34-36-39-42-45-48-51-56(66-60(65)53-50-47-44-41-38-35-32-30-28-26-23-20-17-14-11-8-5-2)54-59(64)61-57(55-62)58(63)52-49-46-43-40-37-33-24-21-18-15-12-9-6-3/h16,19,25,27,31,34,56-58,62-63H,4-15,17-18,20-24,26,28-30,32-33,35-55H2,1-3H3,(H,61,64)/b19-16-,27-25-,34-31-. The summed E-state index contributed by atoms with van der Waals surface area (Å²) in [6.07, 6.45) is 64.9. The summed E-state index contributed by atoms with van der Waals surface area (Å²) in [7, 11) is 0. The summed E-state index contributed by atoms with van der Waals surface area (Å²) in [5.41, 5.74) is 0. The third-order valence-electron chi connectivity index (χ3n) is 13.5. The lowest BCUT2D eigenvalue weighted by Crippen LogP contribution is -2.46. The highest BCUT2D eigenvalue weighted by Gasteiger charge is 2.24. The lowest BCUT2D eigenvalue weighted by molar-refractivity contribution is -0.151. The van der Waals surface area contributed by atoms with Crippen LogP contribution < -0.4 is 5.32 Å². The highest BCUT2D eigenvalue weighted by molar-refractivity contribution is 5.77. The molecule has 1 amide bonds. The number of hydrogen-bond donors (Lipinski definition) is 3. The van der Waals surface area contributed by atoms with Crippen molar-refractivity contribution in [2.45, 2.75) is 328 Å². The lowest BCUT2D eigenvalue weighted by atomic mass is 10.0. The first-order valence-corrected chi connectivity index (χ1v) is 29.2. The zero-order valence-electron chi connectivity index (χ0n) is 44.3. The number of rotatable bonds is 53. The Hall–Kier alpha value is -1.92. The average Bonchev–Trinajstić information content (AvgIpc) is 3.31. The summed E-state index contributed by atoms with van der Waals surface area (Å²) in [5.74, 6) is -0.478. The van der Waals surface area contributed by atoms with E-state index in [2.05, 4.69) is 62.5 Å². The minimum atomic E-state index is -0.792. The number of carbonyl (C=O) groups is 2. The van der Waals surface area contributed by atoms with E-state index >= 15 is 0 Å². The minimum absolute atomic E-state index is 0.0671. The van der Waals surface area contributed by atoms with Crippen LogP contribution in [0.15, 0.2) is 36.5 Å². The van der Waals surface area contributed by atoms with E-state index in [4.69, 9.17) is 4.74 Å². The molecule has 0 aromatic carbocycles. The Balaban J connectivity index is 4.58. The first-order valence-electron chi connectivity index (χ1n) is 29.2. The van der Waals surface area contributed by atoms with Crippen molar-refractivity contribution >= 4 is 11.9 Å². The Morgan fingerprint density at radius 2 is 0.773 bits per heavy atom. The minimum Gasteiger partial charge on any atom is -0.462 e. The molecule has 0 aliphatic heterocycles. The third kappa shape index (κ3) is 48.5. The van der Waals surface area contributed by atoms with Crippen LogP contribution in [0.25, 0.3) is 0 Å². The summed E-state index contributed by atoms with van der Waals surface area (Å²) < 4.78 is 5.96. The number of nitrogens with one attached hydrogen (secondary N) is 1. The van der Waals surface area contributed by atoms with Gasteiger partial charge in [-0.15, -0.1) is 0 Å². The van der Waals surface area contributed by atoms with Crippen LogP contribution in [-0.2, 0) is 14.3 Å². The molecular weight excluding hydrogens is 815 g/mol. The summed E-state index contributed by atoms with van der Waals surface area (Å²) in [5, 5.41) is 23.9. The van der Waals surface area contributed by atoms with Crippen molar-refractivity contribution in [1.82, 2.24) is 5.32 Å². The van der Waals surface area contributed by atoms with E-state index in [-0.39, 0.29) is 24.9 Å². The van der Waals surface area contributed by atoms with Crippen LogP contribution in [0.3, 0.4) is 0 Å². The molecule has 3 unspecified atom stereocenters. The van der Waals surface area contributed by atoms with Gasteiger partial charge in [0.2, 0.25) is 5.91 Å². The molecule has 0 radical (unpaired) electrons. The van der Waals surface area contributed by atoms with Crippen LogP contribution in [0.1, 0.15) is 310 Å². The number of ether oxygens (including phenoxy) is 1. The monoisotopic (exact) mass is 928 g/mol. The van der Waals surface area contributed by atoms with Crippen LogP contribution in [0.4, 0.5) is 0 Å². The molecule has 3 atom stereocenters. The average molecular weight is 929 g/mol. The van der Waals surface area contributed by atoms with E-state index in [9.17, 15) is 19.8 Å². The Morgan fingerprint density at radius 3 is 1.20 bits per heavy atom. The Kier molecular flexibility index (Phi) is 52.5. The topological polar surface area (TPSA) is 95.9 Å². The second-order valence-corrected chi connectivity index (χ2v) is 20.1. The molecule has 0 aromatic heterocycles. The molecular formula is C60H113NO5. The van der Waals surface area contributed by atoms with Crippen LogP contribution in [-0.4, -0.2) is 46.9 Å². The number of esters is 1. The van der Waals surface area contributed by atoms with Gasteiger partial charge in [0.05, 0.1) is 25.2 Å². The number of amides is 1. The third-order valence-corrected chi connectivity index (χ3v) is 13.5. The van der Waals surface area contributed by atoms with Crippen molar-refractivity contribution in [3.05, 3.63) is 36.5 Å². The van der Waals surface area contributed by atoms with E-state index in [1.807, 2.05) is 0 Å². The molecule has 0 rings (SSSR count). The predicted octanol–water partition coefficient (Wildman–Crippen LogP) is 18.0. The largest absolute Gasteiger partial charge is 0.462 e. The van der Waals surface area contributed by atoms with Crippen molar-refractivity contribution in [1.29, 1.82) is 0 Å². The van der Waals surface area contributed by atoms with Crippen molar-refractivity contribution < 1.29 is 24.5 Å². The molecule has 0 aliphatic rings. The normalized spacial score (nSPS) is 13.3. The molecule has 66 heavy (non-hydrogen) atoms. The fraction of sp³-hybridized carbons (Fsp3) is 0.867. The smallest absolute Gasteiger partial charge is 0.306 e. The number of unbranched alkanes of at least 4 members (excludes halogenated alkanes) is 35. The van der Waals surface area contributed by atoms with Gasteiger partial charge in [-0.1, -0.05) is 269 Å². The molecule has 6 nitrogen and oxygen atoms in total. The van der Waals surface area contributed by atoms with Crippen molar-refractivity contribution in [2.24, 2.45) is 0 Å². The number of aliphatic hydroxyl groups excluding tert-OH is 2. The van der Waals surface area contributed by atoms with E-state index < -0.39 is 18.2 Å². The highest BCUT2D eigenvalue weighted by Crippen LogP contribution is 2.19. The molecule has 3 N–H and O–H groups in total. The van der Waals surface area contributed by atoms with Gasteiger partial charge in [-0.05, 0) is 64.2 Å². The number of hydrogen-bond acceptors (Lipinski definition) is 5. The van der Waals surface area contributed by atoms with E-state index in [1.165, 1.54) is 180 Å². The molecule has 0 aliphatic carbocycles. The van der Waals surface area contributed by atoms with Gasteiger partial charge in [0.25, 0.3) is 0 Å². The maximum atomic E-state index is 13.3. The first kappa shape index (κ1) is 64.1. The fourth-order valence-electron chi connectivity index (χ4n) is 9.03. The van der Waals surface area contributed by atoms with Gasteiger partial charge in [-0.3, -0.25) is 9.59 Å². The predicted molar refractivity (Wildman–Crippen MR) is 287 cm³/mol. The molecule has 0 bridgehead atoms. The van der Waals surface area contributed by atoms with Crippen LogP contribution >= 0.6 is 0 Å². The van der Waals surface area contributed by atoms with Crippen molar-refractivity contribution in [3.63, 3.8) is 0 Å². The number of aliphatic hydroxyl groups is 2. The highest BCUT2D eigenvalue weighted by atomic mass is 16.5. The zero-order chi connectivity index (χ0) is 48.1. The molecule has 0 fully saturated rings. The summed E-state index contributed by atoms with van der Waals surface area (Å²) in [6.45, 7) is 6.48. The van der Waals surface area contributed by atoms with Crippen molar-refractivity contribution in [3.8, 4) is 0 Å². The maximum Gasteiger partial charge on any atom is 0.306 e. The van der Waals surface area contributed by atoms with Crippen LogP contribution in [0.2, 0.25) is 0 Å². The van der Waals surface area contributed by atoms with Gasteiger partial charge in [0.1, 0.15) is 6.10 Å². The molecule has 0 saturated carbocycles. The van der Waals surface area contributed by atoms with E-state index in [1.54, 1.807) is 0 Å². The van der Waals surface area contributed by atoms with Crippen molar-refractivity contribution in [2.75, 3.05) is 6.61 Å². The fourth-order valence-corrected chi connectivity index (χ4v) is 9.03. The quantitative estimate of drug-likeness (QED) is 0.0321. The van der Waals surface area contributed by atoms with Gasteiger partial charge >= 0.3 is 5.97 Å². The second-order valence-electron chi connectivity index (χ2n) is 20.1. The summed E-state index contributed by atoms with van der Waals surface area (Å²) in [4.78, 5) is 26.3. The van der Waals surface area contributed by atoms with E-state index in [0.29, 0.717) is 19.3 Å². The molecule has 0 spiro atoms. The molecule has 0 saturated heterocycles. The SMILES string of the molecule is CCCCC/C=C\C/C=C\C/C=C\CCCCCCC(CC(=O)NC(CO)C(O)CCCCCCCCCCCCCCC)OC(=O)CCCCCCCCCCCCCCCCCCC. The first-order chi connectivity index (χ1) is 32.5. The van der Waals surface area contributed by atoms with Gasteiger partial charge in [-0.2, -0.15) is 0 Å². The Labute approximate surface area is 411 Å². The summed E-state index contributed by atoms with van der Waals surface area (Å²) in [6, 6.07) is -0.707. The van der Waals surface area contributed by atoms with Gasteiger partial charge < -0.3 is 20.3 Å². The van der Waals surface area contributed by atoms with Crippen LogP contribution in [0.5, 0.6) is 0 Å². The molecule has 6 heteroatoms. The molecule has 0 heterocycles. The zero-order valence-corrected chi connectivity index (χ0v) is 44.3. The Morgan fingerprint density at radius 1 is 0.439 bits per heavy atom. The van der Waals surface area contributed by atoms with Gasteiger partial charge in [-0.25, -0.2) is 0 Å². The Bertz CT molecular complexity index is 1090. The molecule has 0 aromatic rings. The molecule has 388 valence electrons.